The minimum Gasteiger partial charge on any atom is -0.469 e. The molecule has 2 rings (SSSR count). The van der Waals surface area contributed by atoms with Gasteiger partial charge in [0.1, 0.15) is 0 Å². The fourth-order valence-electron chi connectivity index (χ4n) is 2.59. The summed E-state index contributed by atoms with van der Waals surface area (Å²) in [5.74, 6) is -0.192. The van der Waals surface area contributed by atoms with Gasteiger partial charge in [-0.15, -0.1) is 0 Å². The van der Waals surface area contributed by atoms with Gasteiger partial charge in [0.2, 0.25) is 0 Å². The number of hydrogen-bond donors (Lipinski definition) is 1. The van der Waals surface area contributed by atoms with E-state index in [1.807, 2.05) is 18.2 Å². The Kier molecular flexibility index (Phi) is 4.93. The molecule has 104 valence electrons. The maximum Gasteiger partial charge on any atom is 0.309 e. The molecule has 1 fully saturated rings. The zero-order valence-corrected chi connectivity index (χ0v) is 11.5. The Morgan fingerprint density at radius 1 is 1.42 bits per heavy atom. The van der Waals surface area contributed by atoms with E-state index in [0.29, 0.717) is 6.42 Å². The van der Waals surface area contributed by atoms with Gasteiger partial charge in [-0.2, -0.15) is 0 Å². The molecule has 4 heteroatoms. The van der Waals surface area contributed by atoms with Crippen molar-refractivity contribution >= 4 is 5.97 Å². The summed E-state index contributed by atoms with van der Waals surface area (Å²) >= 11 is 0. The van der Waals surface area contributed by atoms with Gasteiger partial charge in [0.15, 0.2) is 0 Å². The number of carbonyl (C=O) groups is 1. The van der Waals surface area contributed by atoms with E-state index in [9.17, 15) is 4.79 Å². The van der Waals surface area contributed by atoms with Crippen LogP contribution in [0.15, 0.2) is 24.3 Å². The lowest BCUT2D eigenvalue weighted by Crippen LogP contribution is -2.42. The second-order valence-electron chi connectivity index (χ2n) is 5.16. The van der Waals surface area contributed by atoms with Crippen molar-refractivity contribution in [1.29, 1.82) is 0 Å². The first-order valence-corrected chi connectivity index (χ1v) is 6.80. The molecule has 1 aliphatic heterocycles. The van der Waals surface area contributed by atoms with Crippen LogP contribution in [0.4, 0.5) is 0 Å². The number of carbonyl (C=O) groups excluding carboxylic acids is 1. The average molecular weight is 262 g/mol. The highest BCUT2D eigenvalue weighted by Crippen LogP contribution is 2.16. The Morgan fingerprint density at radius 2 is 2.16 bits per heavy atom. The second kappa shape index (κ2) is 6.68. The number of piperidine rings is 1. The van der Waals surface area contributed by atoms with E-state index in [0.717, 1.165) is 38.0 Å². The van der Waals surface area contributed by atoms with Gasteiger partial charge in [0, 0.05) is 19.1 Å². The lowest BCUT2D eigenvalue weighted by Gasteiger charge is -2.31. The normalized spacial score (nSPS) is 20.2. The molecule has 0 unspecified atom stereocenters. The smallest absolute Gasteiger partial charge is 0.309 e. The number of methoxy groups -OCH3 is 1. The van der Waals surface area contributed by atoms with Crippen LogP contribution >= 0.6 is 0 Å². The molecule has 0 radical (unpaired) electrons. The second-order valence-corrected chi connectivity index (χ2v) is 5.16. The summed E-state index contributed by atoms with van der Waals surface area (Å²) < 4.78 is 4.74. The van der Waals surface area contributed by atoms with Gasteiger partial charge in [-0.3, -0.25) is 9.69 Å². The Balaban J connectivity index is 2.04. The van der Waals surface area contributed by atoms with E-state index in [2.05, 4.69) is 11.0 Å². The largest absolute Gasteiger partial charge is 0.469 e. The highest BCUT2D eigenvalue weighted by Gasteiger charge is 2.18. The molecular weight excluding hydrogens is 240 g/mol. The minimum absolute atomic E-state index is 0.192. The van der Waals surface area contributed by atoms with Crippen LogP contribution in [0.1, 0.15) is 24.0 Å². The fraction of sp³-hybridized carbons (Fsp3) is 0.533. The Hall–Kier alpha value is -1.39. The zero-order valence-electron chi connectivity index (χ0n) is 11.5. The molecule has 0 amide bonds. The maximum atomic E-state index is 11.4. The summed E-state index contributed by atoms with van der Waals surface area (Å²) in [5.41, 5.74) is 8.25. The summed E-state index contributed by atoms with van der Waals surface area (Å²) in [4.78, 5) is 13.8. The van der Waals surface area contributed by atoms with Crippen molar-refractivity contribution < 1.29 is 9.53 Å². The van der Waals surface area contributed by atoms with Crippen LogP contribution in [-0.4, -0.2) is 37.1 Å². The first kappa shape index (κ1) is 14.0. The maximum absolute atomic E-state index is 11.4. The minimum atomic E-state index is -0.192. The van der Waals surface area contributed by atoms with E-state index in [4.69, 9.17) is 10.5 Å². The van der Waals surface area contributed by atoms with Gasteiger partial charge in [-0.1, -0.05) is 24.3 Å². The highest BCUT2D eigenvalue weighted by molar-refractivity contribution is 5.72. The first-order chi connectivity index (χ1) is 9.19. The molecule has 0 aromatic heterocycles. The van der Waals surface area contributed by atoms with Crippen molar-refractivity contribution in [1.82, 2.24) is 4.90 Å². The lowest BCUT2D eigenvalue weighted by atomic mass is 10.0. The third kappa shape index (κ3) is 4.04. The molecule has 19 heavy (non-hydrogen) atoms. The van der Waals surface area contributed by atoms with E-state index >= 15 is 0 Å². The van der Waals surface area contributed by atoms with E-state index < -0.39 is 0 Å². The number of nitrogens with zero attached hydrogens (tertiary/aromatic N) is 1. The molecule has 2 N–H and O–H groups in total. The summed E-state index contributed by atoms with van der Waals surface area (Å²) in [6.07, 6.45) is 2.60. The van der Waals surface area contributed by atoms with Gasteiger partial charge in [-0.25, -0.2) is 0 Å². The summed E-state index contributed by atoms with van der Waals surface area (Å²) in [7, 11) is 1.43. The fourth-order valence-corrected chi connectivity index (χ4v) is 2.59. The van der Waals surface area contributed by atoms with Gasteiger partial charge < -0.3 is 10.5 Å². The lowest BCUT2D eigenvalue weighted by molar-refractivity contribution is -0.139. The quantitative estimate of drug-likeness (QED) is 0.832. The van der Waals surface area contributed by atoms with Crippen molar-refractivity contribution in [2.75, 3.05) is 20.2 Å². The van der Waals surface area contributed by atoms with Crippen molar-refractivity contribution in [3.8, 4) is 0 Å². The molecule has 1 aliphatic rings. The average Bonchev–Trinajstić information content (AvgIpc) is 2.41. The van der Waals surface area contributed by atoms with E-state index in [1.165, 1.54) is 12.7 Å². The highest BCUT2D eigenvalue weighted by atomic mass is 16.5. The van der Waals surface area contributed by atoms with Crippen LogP contribution in [0.2, 0.25) is 0 Å². The predicted octanol–water partition coefficient (Wildman–Crippen LogP) is 1.33. The Bertz CT molecular complexity index is 434. The van der Waals surface area contributed by atoms with Crippen LogP contribution in [0.25, 0.3) is 0 Å². The number of benzene rings is 1. The van der Waals surface area contributed by atoms with Crippen LogP contribution in [0, 0.1) is 0 Å². The standard InChI is InChI=1S/C15H22N2O2/c1-19-15(18)9-12-5-2-3-6-13(12)10-17-8-4-7-14(16)11-17/h2-3,5-6,14H,4,7-11,16H2,1H3/t14-/m1/s1. The van der Waals surface area contributed by atoms with Crippen molar-refractivity contribution in [2.24, 2.45) is 5.73 Å². The number of ether oxygens (including phenoxy) is 1. The number of nitrogens with two attached hydrogens (primary N) is 1. The van der Waals surface area contributed by atoms with E-state index in [-0.39, 0.29) is 12.0 Å². The van der Waals surface area contributed by atoms with Crippen LogP contribution in [0.3, 0.4) is 0 Å². The molecule has 1 heterocycles. The molecule has 0 bridgehead atoms. The van der Waals surface area contributed by atoms with Crippen molar-refractivity contribution in [3.05, 3.63) is 35.4 Å². The molecule has 0 spiro atoms. The summed E-state index contributed by atoms with van der Waals surface area (Å²) in [6.45, 7) is 2.88. The van der Waals surface area contributed by atoms with Gasteiger partial charge in [0.05, 0.1) is 13.5 Å². The third-order valence-corrected chi connectivity index (χ3v) is 3.62. The number of esters is 1. The first-order valence-electron chi connectivity index (χ1n) is 6.80. The molecule has 4 nitrogen and oxygen atoms in total. The molecule has 1 aromatic carbocycles. The van der Waals surface area contributed by atoms with Gasteiger partial charge >= 0.3 is 5.97 Å². The zero-order chi connectivity index (χ0) is 13.7. The number of rotatable bonds is 4. The Labute approximate surface area is 114 Å². The molecule has 1 atom stereocenters. The van der Waals surface area contributed by atoms with Crippen LogP contribution in [-0.2, 0) is 22.5 Å². The summed E-state index contributed by atoms with van der Waals surface area (Å²) in [5, 5.41) is 0. The molecule has 0 saturated carbocycles. The Morgan fingerprint density at radius 3 is 2.84 bits per heavy atom. The SMILES string of the molecule is COC(=O)Cc1ccccc1CN1CCC[C@@H](N)C1. The molecular formula is C15H22N2O2. The van der Waals surface area contributed by atoms with Crippen LogP contribution < -0.4 is 5.73 Å². The van der Waals surface area contributed by atoms with Gasteiger partial charge in [0.25, 0.3) is 0 Å². The topological polar surface area (TPSA) is 55.6 Å². The summed E-state index contributed by atoms with van der Waals surface area (Å²) in [6, 6.07) is 8.33. The van der Waals surface area contributed by atoms with Gasteiger partial charge in [-0.05, 0) is 30.5 Å². The van der Waals surface area contributed by atoms with E-state index in [1.54, 1.807) is 0 Å². The van der Waals surface area contributed by atoms with Crippen molar-refractivity contribution in [3.63, 3.8) is 0 Å². The molecule has 1 aromatic rings. The molecule has 0 aliphatic carbocycles. The predicted molar refractivity (Wildman–Crippen MR) is 74.6 cm³/mol. The van der Waals surface area contributed by atoms with Crippen LogP contribution in [0.5, 0.6) is 0 Å². The molecule has 1 saturated heterocycles. The van der Waals surface area contributed by atoms with Crippen molar-refractivity contribution in [2.45, 2.75) is 31.8 Å². The number of hydrogen-bond acceptors (Lipinski definition) is 4. The monoisotopic (exact) mass is 262 g/mol. The number of likely N-dealkylation sites (tertiary alicyclic amines) is 1. The third-order valence-electron chi connectivity index (χ3n) is 3.62.